The van der Waals surface area contributed by atoms with Gasteiger partial charge in [0.1, 0.15) is 0 Å². The van der Waals surface area contributed by atoms with Crippen LogP contribution in [0.3, 0.4) is 0 Å². The fourth-order valence-electron chi connectivity index (χ4n) is 1.87. The fraction of sp³-hybridized carbons (Fsp3) is 0.357. The normalized spacial score (nSPS) is 10.1. The molecular weight excluding hydrogens is 300 g/mol. The largest absolute Gasteiger partial charge is 0.340 e. The molecule has 2 aromatic rings. The molecule has 2 heterocycles. The lowest BCUT2D eigenvalue weighted by atomic mass is 10.3. The highest BCUT2D eigenvalue weighted by molar-refractivity contribution is 7.99. The summed E-state index contributed by atoms with van der Waals surface area (Å²) in [6, 6.07) is 9.60. The van der Waals surface area contributed by atoms with Crippen molar-refractivity contribution >= 4 is 23.3 Å². The number of carbonyl (C=O) groups is 1. The van der Waals surface area contributed by atoms with Crippen LogP contribution < -0.4 is 0 Å². The summed E-state index contributed by atoms with van der Waals surface area (Å²) >= 11 is 1.29. The number of hydrogen-bond donors (Lipinski definition) is 0. The minimum absolute atomic E-state index is 0.108. The molecule has 0 aliphatic heterocycles. The molecule has 0 N–H and O–H groups in total. The number of nitrogens with zero attached hydrogens (tertiary/aromatic N) is 6. The molecule has 0 fully saturated rings. The van der Waals surface area contributed by atoms with Gasteiger partial charge in [-0.3, -0.25) is 9.20 Å². The molecular formula is C14H14N6OS. The number of fused-ring (bicyclic) bond motifs is 1. The smallest absolute Gasteiger partial charge is 0.233 e. The van der Waals surface area contributed by atoms with Gasteiger partial charge in [-0.1, -0.05) is 17.8 Å². The molecule has 0 unspecified atom stereocenters. The minimum atomic E-state index is -0.108. The third-order valence-corrected chi connectivity index (χ3v) is 3.87. The molecule has 0 bridgehead atoms. The molecule has 0 spiro atoms. The molecule has 0 aromatic carbocycles. The first kappa shape index (κ1) is 15.8. The molecule has 2 aromatic heterocycles. The monoisotopic (exact) mass is 314 g/mol. The van der Waals surface area contributed by atoms with Crippen molar-refractivity contribution in [2.24, 2.45) is 0 Å². The Labute approximate surface area is 132 Å². The van der Waals surface area contributed by atoms with Crippen LogP contribution in [0.15, 0.2) is 29.6 Å². The highest BCUT2D eigenvalue weighted by Crippen LogP contribution is 2.17. The molecule has 0 aliphatic rings. The Morgan fingerprint density at radius 3 is 2.64 bits per heavy atom. The van der Waals surface area contributed by atoms with Gasteiger partial charge in [0.25, 0.3) is 0 Å². The lowest BCUT2D eigenvalue weighted by Crippen LogP contribution is -2.34. The van der Waals surface area contributed by atoms with Gasteiger partial charge in [-0.15, -0.1) is 10.2 Å². The van der Waals surface area contributed by atoms with E-state index >= 15 is 0 Å². The van der Waals surface area contributed by atoms with Crippen LogP contribution in [0.2, 0.25) is 0 Å². The molecule has 8 heteroatoms. The van der Waals surface area contributed by atoms with E-state index in [1.165, 1.54) is 11.8 Å². The number of rotatable bonds is 7. The second-order valence-corrected chi connectivity index (χ2v) is 5.34. The fourth-order valence-corrected chi connectivity index (χ4v) is 2.69. The van der Waals surface area contributed by atoms with Gasteiger partial charge in [-0.2, -0.15) is 10.5 Å². The Bertz CT molecular complexity index is 711. The van der Waals surface area contributed by atoms with Crippen molar-refractivity contribution in [2.75, 3.05) is 18.8 Å². The third-order valence-electron chi connectivity index (χ3n) is 2.95. The lowest BCUT2D eigenvalue weighted by Gasteiger charge is -2.19. The molecule has 0 saturated heterocycles. The van der Waals surface area contributed by atoms with Crippen molar-refractivity contribution < 1.29 is 4.79 Å². The minimum Gasteiger partial charge on any atom is -0.340 e. The maximum Gasteiger partial charge on any atom is 0.233 e. The van der Waals surface area contributed by atoms with Crippen LogP contribution in [0.5, 0.6) is 0 Å². The number of hydrogen-bond acceptors (Lipinski definition) is 6. The topological polar surface area (TPSA) is 98.1 Å². The molecule has 0 radical (unpaired) electrons. The number of pyridine rings is 1. The van der Waals surface area contributed by atoms with Crippen LogP contribution in [0, 0.1) is 22.7 Å². The van der Waals surface area contributed by atoms with Crippen LogP contribution in [0.25, 0.3) is 5.65 Å². The number of carbonyl (C=O) groups excluding carboxylic acids is 1. The van der Waals surface area contributed by atoms with Crippen molar-refractivity contribution in [2.45, 2.75) is 18.0 Å². The molecule has 0 saturated carbocycles. The van der Waals surface area contributed by atoms with E-state index < -0.39 is 0 Å². The molecule has 0 aliphatic carbocycles. The van der Waals surface area contributed by atoms with Crippen LogP contribution >= 0.6 is 11.8 Å². The number of aromatic nitrogens is 3. The predicted octanol–water partition coefficient (Wildman–Crippen LogP) is 1.48. The van der Waals surface area contributed by atoms with E-state index in [9.17, 15) is 4.79 Å². The van der Waals surface area contributed by atoms with E-state index in [0.717, 1.165) is 5.65 Å². The van der Waals surface area contributed by atoms with Crippen molar-refractivity contribution in [3.8, 4) is 12.1 Å². The van der Waals surface area contributed by atoms with Gasteiger partial charge in [0.2, 0.25) is 5.91 Å². The zero-order valence-electron chi connectivity index (χ0n) is 11.8. The van der Waals surface area contributed by atoms with Crippen LogP contribution in [-0.2, 0) is 4.79 Å². The molecule has 22 heavy (non-hydrogen) atoms. The summed E-state index contributed by atoms with van der Waals surface area (Å²) < 4.78 is 1.81. The quantitative estimate of drug-likeness (QED) is 0.718. The van der Waals surface area contributed by atoms with E-state index in [2.05, 4.69) is 10.2 Å². The van der Waals surface area contributed by atoms with Crippen molar-refractivity contribution in [3.05, 3.63) is 24.4 Å². The zero-order chi connectivity index (χ0) is 15.8. The highest BCUT2D eigenvalue weighted by atomic mass is 32.2. The SMILES string of the molecule is N#CCCN(CCC#N)C(=O)CSc1nnc2ccccn12. The third kappa shape index (κ3) is 3.96. The Kier molecular flexibility index (Phi) is 5.75. The van der Waals surface area contributed by atoms with Gasteiger partial charge in [-0.05, 0) is 12.1 Å². The maximum absolute atomic E-state index is 12.2. The van der Waals surface area contributed by atoms with E-state index in [0.29, 0.717) is 18.2 Å². The summed E-state index contributed by atoms with van der Waals surface area (Å²) in [5.74, 6) is 0.0928. The summed E-state index contributed by atoms with van der Waals surface area (Å²) in [5, 5.41) is 26.0. The number of nitriles is 2. The van der Waals surface area contributed by atoms with E-state index in [1.54, 1.807) is 4.90 Å². The first-order valence-electron chi connectivity index (χ1n) is 6.70. The Hall–Kier alpha value is -2.58. The van der Waals surface area contributed by atoms with Gasteiger partial charge >= 0.3 is 0 Å². The second-order valence-electron chi connectivity index (χ2n) is 4.40. The first-order chi connectivity index (χ1) is 10.8. The molecule has 112 valence electrons. The van der Waals surface area contributed by atoms with Crippen LogP contribution in [-0.4, -0.2) is 44.2 Å². The average Bonchev–Trinajstić information content (AvgIpc) is 2.96. The van der Waals surface area contributed by atoms with Gasteiger partial charge in [0.05, 0.1) is 30.7 Å². The lowest BCUT2D eigenvalue weighted by molar-refractivity contribution is -0.128. The van der Waals surface area contributed by atoms with Gasteiger partial charge in [0, 0.05) is 19.3 Å². The summed E-state index contributed by atoms with van der Waals surface area (Å²) in [7, 11) is 0. The first-order valence-corrected chi connectivity index (χ1v) is 7.69. The summed E-state index contributed by atoms with van der Waals surface area (Å²) in [6.07, 6.45) is 2.36. The Balaban J connectivity index is 1.97. The van der Waals surface area contributed by atoms with Crippen molar-refractivity contribution in [1.29, 1.82) is 10.5 Å². The summed E-state index contributed by atoms with van der Waals surface area (Å²) in [5.41, 5.74) is 0.725. The molecule has 1 amide bonds. The zero-order valence-corrected chi connectivity index (χ0v) is 12.7. The summed E-state index contributed by atoms with van der Waals surface area (Å²) in [4.78, 5) is 13.8. The number of thioether (sulfide) groups is 1. The predicted molar refractivity (Wildman–Crippen MR) is 80.8 cm³/mol. The van der Waals surface area contributed by atoms with Crippen LogP contribution in [0.4, 0.5) is 0 Å². The van der Waals surface area contributed by atoms with E-state index in [-0.39, 0.29) is 24.5 Å². The van der Waals surface area contributed by atoms with E-state index in [1.807, 2.05) is 40.9 Å². The second kappa shape index (κ2) is 8.01. The summed E-state index contributed by atoms with van der Waals surface area (Å²) in [6.45, 7) is 0.691. The van der Waals surface area contributed by atoms with Gasteiger partial charge < -0.3 is 4.90 Å². The Morgan fingerprint density at radius 1 is 1.23 bits per heavy atom. The van der Waals surface area contributed by atoms with Crippen molar-refractivity contribution in [1.82, 2.24) is 19.5 Å². The Morgan fingerprint density at radius 2 is 1.95 bits per heavy atom. The molecule has 2 rings (SSSR count). The van der Waals surface area contributed by atoms with Gasteiger partial charge in [0.15, 0.2) is 10.8 Å². The average molecular weight is 314 g/mol. The van der Waals surface area contributed by atoms with Crippen molar-refractivity contribution in [3.63, 3.8) is 0 Å². The number of amides is 1. The van der Waals surface area contributed by atoms with E-state index in [4.69, 9.17) is 10.5 Å². The highest BCUT2D eigenvalue weighted by Gasteiger charge is 2.15. The molecule has 7 nitrogen and oxygen atoms in total. The van der Waals surface area contributed by atoms with Crippen LogP contribution in [0.1, 0.15) is 12.8 Å². The maximum atomic E-state index is 12.2. The van der Waals surface area contributed by atoms with Gasteiger partial charge in [-0.25, -0.2) is 0 Å². The standard InChI is InChI=1S/C14H14N6OS/c15-6-3-8-19(9-4-7-16)13(21)11-22-14-18-17-12-5-1-2-10-20(12)14/h1-2,5,10H,3-4,8-9,11H2. The molecule has 0 atom stereocenters.